The minimum Gasteiger partial charge on any atom is -0.319 e. The Bertz CT molecular complexity index is 942. The van der Waals surface area contributed by atoms with Crippen LogP contribution in [-0.4, -0.2) is 20.7 Å². The van der Waals surface area contributed by atoms with Crippen LogP contribution in [0.25, 0.3) is 10.9 Å². The SMILES string of the molecule is CC(C)(C)n1nc(C(=O)Nc2cccc3cccnc23)cc1C1CC1. The van der Waals surface area contributed by atoms with Crippen LogP contribution in [0, 0.1) is 0 Å². The average Bonchev–Trinajstić information content (AvgIpc) is 3.32. The van der Waals surface area contributed by atoms with Gasteiger partial charge < -0.3 is 5.32 Å². The third-order valence-corrected chi connectivity index (χ3v) is 4.48. The van der Waals surface area contributed by atoms with Gasteiger partial charge in [0.1, 0.15) is 0 Å². The van der Waals surface area contributed by atoms with E-state index in [-0.39, 0.29) is 11.4 Å². The molecule has 1 aliphatic rings. The monoisotopic (exact) mass is 334 g/mol. The molecular formula is C20H22N4O. The van der Waals surface area contributed by atoms with Gasteiger partial charge in [0.15, 0.2) is 5.69 Å². The van der Waals surface area contributed by atoms with Gasteiger partial charge in [-0.25, -0.2) is 0 Å². The van der Waals surface area contributed by atoms with Crippen LogP contribution in [-0.2, 0) is 5.54 Å². The van der Waals surface area contributed by atoms with Gasteiger partial charge in [-0.3, -0.25) is 14.5 Å². The van der Waals surface area contributed by atoms with E-state index < -0.39 is 0 Å². The predicted molar refractivity (Wildman–Crippen MR) is 98.9 cm³/mol. The molecule has 1 aromatic carbocycles. The highest BCUT2D eigenvalue weighted by Gasteiger charge is 2.32. The second-order valence-electron chi connectivity index (χ2n) is 7.65. The molecule has 1 aliphatic carbocycles. The summed E-state index contributed by atoms with van der Waals surface area (Å²) in [7, 11) is 0. The van der Waals surface area contributed by atoms with Gasteiger partial charge in [0, 0.05) is 23.2 Å². The van der Waals surface area contributed by atoms with Crippen molar-refractivity contribution in [3.63, 3.8) is 0 Å². The molecule has 0 bridgehead atoms. The molecule has 0 saturated heterocycles. The van der Waals surface area contributed by atoms with Crippen molar-refractivity contribution in [2.45, 2.75) is 45.1 Å². The van der Waals surface area contributed by atoms with Gasteiger partial charge in [-0.15, -0.1) is 0 Å². The fourth-order valence-electron chi connectivity index (χ4n) is 3.11. The molecule has 4 rings (SSSR count). The summed E-state index contributed by atoms with van der Waals surface area (Å²) in [4.78, 5) is 17.2. The first-order valence-electron chi connectivity index (χ1n) is 8.69. The fraction of sp³-hybridized carbons (Fsp3) is 0.350. The van der Waals surface area contributed by atoms with E-state index in [2.05, 4.69) is 36.2 Å². The van der Waals surface area contributed by atoms with Crippen molar-refractivity contribution in [2.24, 2.45) is 0 Å². The molecule has 0 atom stereocenters. The third-order valence-electron chi connectivity index (χ3n) is 4.48. The Hall–Kier alpha value is -2.69. The molecule has 0 radical (unpaired) electrons. The van der Waals surface area contributed by atoms with Gasteiger partial charge in [-0.05, 0) is 51.8 Å². The fourth-order valence-corrected chi connectivity index (χ4v) is 3.11. The smallest absolute Gasteiger partial charge is 0.276 e. The highest BCUT2D eigenvalue weighted by atomic mass is 16.2. The van der Waals surface area contributed by atoms with Crippen LogP contribution in [0.15, 0.2) is 42.6 Å². The molecule has 1 amide bonds. The quantitative estimate of drug-likeness (QED) is 0.776. The second-order valence-corrected chi connectivity index (χ2v) is 7.65. The van der Waals surface area contributed by atoms with Crippen molar-refractivity contribution in [3.05, 3.63) is 54.0 Å². The van der Waals surface area contributed by atoms with Crippen molar-refractivity contribution in [2.75, 3.05) is 5.32 Å². The number of nitrogens with zero attached hydrogens (tertiary/aromatic N) is 3. The lowest BCUT2D eigenvalue weighted by molar-refractivity contribution is 0.102. The minimum absolute atomic E-state index is 0.141. The average molecular weight is 334 g/mol. The summed E-state index contributed by atoms with van der Waals surface area (Å²) in [6, 6.07) is 11.6. The Balaban J connectivity index is 1.67. The Labute approximate surface area is 147 Å². The summed E-state index contributed by atoms with van der Waals surface area (Å²) in [6.45, 7) is 6.34. The summed E-state index contributed by atoms with van der Waals surface area (Å²) in [6.07, 6.45) is 4.09. The van der Waals surface area contributed by atoms with Gasteiger partial charge in [0.05, 0.1) is 16.7 Å². The number of rotatable bonds is 3. The minimum atomic E-state index is -0.192. The number of anilines is 1. The summed E-state index contributed by atoms with van der Waals surface area (Å²) in [5.74, 6) is 0.343. The predicted octanol–water partition coefficient (Wildman–Crippen LogP) is 4.32. The Kier molecular flexibility index (Phi) is 3.60. The molecule has 2 heterocycles. The van der Waals surface area contributed by atoms with Crippen molar-refractivity contribution >= 4 is 22.5 Å². The zero-order valence-corrected chi connectivity index (χ0v) is 14.8. The maximum absolute atomic E-state index is 12.8. The van der Waals surface area contributed by atoms with E-state index in [1.807, 2.05) is 41.1 Å². The number of carbonyl (C=O) groups is 1. The highest BCUT2D eigenvalue weighted by Crippen LogP contribution is 2.41. The van der Waals surface area contributed by atoms with Gasteiger partial charge in [-0.2, -0.15) is 5.10 Å². The molecule has 0 spiro atoms. The Morgan fingerprint density at radius 2 is 1.96 bits per heavy atom. The number of fused-ring (bicyclic) bond motifs is 1. The molecule has 5 heteroatoms. The van der Waals surface area contributed by atoms with E-state index in [1.54, 1.807) is 6.20 Å². The van der Waals surface area contributed by atoms with Crippen LogP contribution in [0.3, 0.4) is 0 Å². The number of para-hydroxylation sites is 1. The van der Waals surface area contributed by atoms with E-state index in [1.165, 1.54) is 12.8 Å². The molecule has 0 unspecified atom stereocenters. The van der Waals surface area contributed by atoms with Gasteiger partial charge >= 0.3 is 0 Å². The molecule has 1 saturated carbocycles. The molecule has 2 aromatic heterocycles. The van der Waals surface area contributed by atoms with Crippen LogP contribution in [0.4, 0.5) is 5.69 Å². The van der Waals surface area contributed by atoms with Crippen LogP contribution in [0.5, 0.6) is 0 Å². The lowest BCUT2D eigenvalue weighted by atomic mass is 10.1. The van der Waals surface area contributed by atoms with E-state index in [4.69, 9.17) is 0 Å². The van der Waals surface area contributed by atoms with Gasteiger partial charge in [0.25, 0.3) is 5.91 Å². The number of hydrogen-bond acceptors (Lipinski definition) is 3. The number of aromatic nitrogens is 3. The van der Waals surface area contributed by atoms with Gasteiger partial charge in [-0.1, -0.05) is 18.2 Å². The largest absolute Gasteiger partial charge is 0.319 e. The van der Waals surface area contributed by atoms with Crippen LogP contribution >= 0.6 is 0 Å². The molecule has 1 N–H and O–H groups in total. The third kappa shape index (κ3) is 3.02. The van der Waals surface area contributed by atoms with E-state index >= 15 is 0 Å². The lowest BCUT2D eigenvalue weighted by Gasteiger charge is -2.22. The van der Waals surface area contributed by atoms with E-state index in [0.29, 0.717) is 17.3 Å². The summed E-state index contributed by atoms with van der Waals surface area (Å²) >= 11 is 0. The number of pyridine rings is 1. The number of carbonyl (C=O) groups excluding carboxylic acids is 1. The lowest BCUT2D eigenvalue weighted by Crippen LogP contribution is -2.25. The van der Waals surface area contributed by atoms with E-state index in [9.17, 15) is 4.79 Å². The molecule has 1 fully saturated rings. The maximum atomic E-state index is 12.8. The standard InChI is InChI=1S/C20H22N4O/c1-20(2,3)24-17(13-9-10-13)12-16(23-24)19(25)22-15-8-4-6-14-7-5-11-21-18(14)15/h4-8,11-13H,9-10H2,1-3H3,(H,22,25). The molecular weight excluding hydrogens is 312 g/mol. The highest BCUT2D eigenvalue weighted by molar-refractivity contribution is 6.07. The van der Waals surface area contributed by atoms with Crippen LogP contribution < -0.4 is 5.32 Å². The second kappa shape index (κ2) is 5.69. The van der Waals surface area contributed by atoms with E-state index in [0.717, 1.165) is 16.6 Å². The van der Waals surface area contributed by atoms with Gasteiger partial charge in [0.2, 0.25) is 0 Å². The maximum Gasteiger partial charge on any atom is 0.276 e. The molecule has 5 nitrogen and oxygen atoms in total. The number of benzene rings is 1. The van der Waals surface area contributed by atoms with Crippen LogP contribution in [0.1, 0.15) is 55.7 Å². The zero-order chi connectivity index (χ0) is 17.6. The van der Waals surface area contributed by atoms with Crippen molar-refractivity contribution in [3.8, 4) is 0 Å². The van der Waals surface area contributed by atoms with Crippen molar-refractivity contribution in [1.29, 1.82) is 0 Å². The topological polar surface area (TPSA) is 59.8 Å². The number of nitrogens with one attached hydrogen (secondary N) is 1. The summed E-state index contributed by atoms with van der Waals surface area (Å²) < 4.78 is 2.00. The first kappa shape index (κ1) is 15.8. The Morgan fingerprint density at radius 1 is 1.20 bits per heavy atom. The summed E-state index contributed by atoms with van der Waals surface area (Å²) in [5, 5.41) is 8.58. The summed E-state index contributed by atoms with van der Waals surface area (Å²) in [5.41, 5.74) is 2.98. The first-order chi connectivity index (χ1) is 11.9. The molecule has 25 heavy (non-hydrogen) atoms. The molecule has 3 aromatic rings. The van der Waals surface area contributed by atoms with Crippen LogP contribution in [0.2, 0.25) is 0 Å². The normalized spacial score (nSPS) is 14.7. The Morgan fingerprint density at radius 3 is 2.68 bits per heavy atom. The first-order valence-corrected chi connectivity index (χ1v) is 8.69. The molecule has 0 aliphatic heterocycles. The number of hydrogen-bond donors (Lipinski definition) is 1. The number of amides is 1. The molecule has 128 valence electrons. The van der Waals surface area contributed by atoms with Crippen molar-refractivity contribution < 1.29 is 4.79 Å². The zero-order valence-electron chi connectivity index (χ0n) is 14.8. The van der Waals surface area contributed by atoms with Crippen molar-refractivity contribution in [1.82, 2.24) is 14.8 Å².